The van der Waals surface area contributed by atoms with Gasteiger partial charge in [0, 0.05) is 17.6 Å². The van der Waals surface area contributed by atoms with Crippen LogP contribution in [0.1, 0.15) is 19.8 Å². The zero-order valence-corrected chi connectivity index (χ0v) is 11.8. The van der Waals surface area contributed by atoms with Crippen molar-refractivity contribution in [3.8, 4) is 0 Å². The minimum Gasteiger partial charge on any atom is -0.295 e. The van der Waals surface area contributed by atoms with Gasteiger partial charge < -0.3 is 0 Å². The van der Waals surface area contributed by atoms with Crippen LogP contribution in [0.15, 0.2) is 36.0 Å². The van der Waals surface area contributed by atoms with E-state index < -0.39 is 11.9 Å². The summed E-state index contributed by atoms with van der Waals surface area (Å²) in [6.07, 6.45) is 5.31. The first-order valence-electron chi connectivity index (χ1n) is 6.22. The maximum absolute atomic E-state index is 12.4. The zero-order valence-electron chi connectivity index (χ0n) is 11.0. The van der Waals surface area contributed by atoms with Crippen LogP contribution in [0.3, 0.4) is 0 Å². The number of nitrogens with zero attached hydrogens (tertiary/aromatic N) is 1. The van der Waals surface area contributed by atoms with Crippen LogP contribution in [0.2, 0.25) is 0 Å². The molecule has 20 heavy (non-hydrogen) atoms. The van der Waals surface area contributed by atoms with Crippen LogP contribution in [0.4, 0.5) is 0 Å². The molecule has 2 aliphatic heterocycles. The molecule has 5 nitrogen and oxygen atoms in total. The average molecular weight is 290 g/mol. The molecule has 1 N–H and O–H groups in total. The molecule has 0 aliphatic carbocycles. The quantitative estimate of drug-likeness (QED) is 0.468. The van der Waals surface area contributed by atoms with Crippen LogP contribution in [0.25, 0.3) is 0 Å². The second-order valence-electron chi connectivity index (χ2n) is 4.47. The topological polar surface area (TPSA) is 66.5 Å². The van der Waals surface area contributed by atoms with E-state index in [0.717, 1.165) is 0 Å². The van der Waals surface area contributed by atoms with Crippen LogP contribution in [-0.4, -0.2) is 33.7 Å². The summed E-state index contributed by atoms with van der Waals surface area (Å²) in [6.45, 7) is 5.35. The number of carbonyl (C=O) groups excluding carboxylic acids is 3. The molecule has 0 aromatic rings. The van der Waals surface area contributed by atoms with E-state index in [9.17, 15) is 14.4 Å². The Bertz CT molecular complexity index is 589. The van der Waals surface area contributed by atoms with Gasteiger partial charge >= 0.3 is 0 Å². The highest BCUT2D eigenvalue weighted by atomic mass is 32.1. The fraction of sp³-hybridized carbons (Fsp3) is 0.286. The van der Waals surface area contributed by atoms with Crippen LogP contribution in [0.5, 0.6) is 0 Å². The van der Waals surface area contributed by atoms with Gasteiger partial charge in [0.1, 0.15) is 11.0 Å². The van der Waals surface area contributed by atoms with E-state index in [1.165, 1.54) is 11.0 Å². The van der Waals surface area contributed by atoms with E-state index in [4.69, 9.17) is 12.2 Å². The summed E-state index contributed by atoms with van der Waals surface area (Å²) >= 11 is 5.29. The molecule has 104 valence electrons. The molecule has 0 spiro atoms. The van der Waals surface area contributed by atoms with Gasteiger partial charge in [0.15, 0.2) is 0 Å². The summed E-state index contributed by atoms with van der Waals surface area (Å²) in [5.41, 5.74) is 1.05. The minimum absolute atomic E-state index is 0.203. The lowest BCUT2D eigenvalue weighted by molar-refractivity contribution is -0.140. The lowest BCUT2D eigenvalue weighted by Crippen LogP contribution is -2.53. The zero-order chi connectivity index (χ0) is 14.9. The number of hydrogen-bond acceptors (Lipinski definition) is 4. The maximum Gasteiger partial charge on any atom is 0.260 e. The van der Waals surface area contributed by atoms with Crippen molar-refractivity contribution in [2.24, 2.45) is 0 Å². The summed E-state index contributed by atoms with van der Waals surface area (Å²) < 4.78 is 0. The molecule has 0 aromatic heterocycles. The molecule has 0 aromatic carbocycles. The van der Waals surface area contributed by atoms with Gasteiger partial charge in [-0.05, 0) is 19.4 Å². The molecule has 2 heterocycles. The number of rotatable bonds is 2. The average Bonchev–Trinajstić information content (AvgIpc) is 2.63. The number of thiocarbonyl (C=S) groups is 1. The highest BCUT2D eigenvalue weighted by molar-refractivity contribution is 7.80. The number of imide groups is 1. The second-order valence-corrected chi connectivity index (χ2v) is 4.85. The molecule has 1 unspecified atom stereocenters. The fourth-order valence-electron chi connectivity index (χ4n) is 2.35. The Morgan fingerprint density at radius 3 is 2.60 bits per heavy atom. The third-order valence-electron chi connectivity index (χ3n) is 3.28. The van der Waals surface area contributed by atoms with Crippen molar-refractivity contribution >= 4 is 34.9 Å². The highest BCUT2D eigenvalue weighted by Crippen LogP contribution is 2.30. The minimum atomic E-state index is -0.724. The Morgan fingerprint density at radius 1 is 1.35 bits per heavy atom. The van der Waals surface area contributed by atoms with Crippen molar-refractivity contribution in [3.63, 3.8) is 0 Å². The maximum atomic E-state index is 12.4. The number of nitrogens with one attached hydrogen (secondary N) is 1. The number of hydrogen-bond donors (Lipinski definition) is 1. The van der Waals surface area contributed by atoms with E-state index >= 15 is 0 Å². The van der Waals surface area contributed by atoms with Crippen molar-refractivity contribution in [1.29, 1.82) is 0 Å². The standard InChI is InChI=1S/C14H14N2O3S/c1-3-5-9-8(4-2)14(20)16(13(9)19)10-6-7-11(17)15-12(10)18/h3-5,10H,1,6-7H2,2H3,(H,15,17,18)/b8-4+,9-5+. The molecule has 2 saturated heterocycles. The molecule has 2 rings (SSSR count). The summed E-state index contributed by atoms with van der Waals surface area (Å²) in [5, 5.41) is 2.24. The largest absolute Gasteiger partial charge is 0.295 e. The number of allylic oxidation sites excluding steroid dienone is 3. The van der Waals surface area contributed by atoms with E-state index in [1.54, 1.807) is 19.1 Å². The van der Waals surface area contributed by atoms with Gasteiger partial charge in [-0.25, -0.2) is 0 Å². The van der Waals surface area contributed by atoms with Crippen LogP contribution in [0, 0.1) is 0 Å². The van der Waals surface area contributed by atoms with Crippen LogP contribution >= 0.6 is 12.2 Å². The molecule has 6 heteroatoms. The molecule has 2 fully saturated rings. The predicted octanol–water partition coefficient (Wildman–Crippen LogP) is 1.02. The van der Waals surface area contributed by atoms with E-state index in [2.05, 4.69) is 11.9 Å². The normalized spacial score (nSPS) is 27.4. The van der Waals surface area contributed by atoms with Crippen molar-refractivity contribution in [2.75, 3.05) is 0 Å². The molecule has 0 saturated carbocycles. The number of carbonyl (C=O) groups is 3. The van der Waals surface area contributed by atoms with Gasteiger partial charge in [0.2, 0.25) is 11.8 Å². The van der Waals surface area contributed by atoms with Crippen molar-refractivity contribution in [1.82, 2.24) is 10.2 Å². The van der Waals surface area contributed by atoms with Crippen LogP contribution in [-0.2, 0) is 14.4 Å². The predicted molar refractivity (Wildman–Crippen MR) is 77.7 cm³/mol. The van der Waals surface area contributed by atoms with Gasteiger partial charge in [-0.15, -0.1) is 0 Å². The Hall–Kier alpha value is -2.08. The molecule has 0 radical (unpaired) electrons. The Labute approximate surface area is 122 Å². The van der Waals surface area contributed by atoms with Gasteiger partial charge in [-0.3, -0.25) is 24.6 Å². The summed E-state index contributed by atoms with van der Waals surface area (Å²) in [5.74, 6) is -1.12. The number of likely N-dealkylation sites (tertiary alicyclic amines) is 1. The van der Waals surface area contributed by atoms with E-state index in [1.807, 2.05) is 0 Å². The molecular formula is C14H14N2O3S. The SMILES string of the molecule is C=C/C=C1/C(=O)N(C2CCC(=O)NC2=O)C(=S)/C1=C/C. The third kappa shape index (κ3) is 2.22. The van der Waals surface area contributed by atoms with E-state index in [-0.39, 0.29) is 24.7 Å². The molecular weight excluding hydrogens is 276 g/mol. The number of amides is 3. The molecule has 3 amide bonds. The van der Waals surface area contributed by atoms with Gasteiger partial charge in [-0.2, -0.15) is 0 Å². The van der Waals surface area contributed by atoms with E-state index in [0.29, 0.717) is 16.1 Å². The van der Waals surface area contributed by atoms with Gasteiger partial charge in [0.25, 0.3) is 5.91 Å². The van der Waals surface area contributed by atoms with Crippen molar-refractivity contribution in [3.05, 3.63) is 36.0 Å². The molecule has 2 aliphatic rings. The van der Waals surface area contributed by atoms with Crippen molar-refractivity contribution in [2.45, 2.75) is 25.8 Å². The van der Waals surface area contributed by atoms with Gasteiger partial charge in [-0.1, -0.05) is 30.9 Å². The summed E-state index contributed by atoms with van der Waals surface area (Å²) in [4.78, 5) is 37.1. The third-order valence-corrected chi connectivity index (χ3v) is 3.70. The summed E-state index contributed by atoms with van der Waals surface area (Å²) in [7, 11) is 0. The first kappa shape index (κ1) is 14.3. The lowest BCUT2D eigenvalue weighted by atomic mass is 10.0. The molecule has 1 atom stereocenters. The smallest absolute Gasteiger partial charge is 0.260 e. The number of piperidine rings is 1. The Morgan fingerprint density at radius 2 is 2.05 bits per heavy atom. The second kappa shape index (κ2) is 5.50. The van der Waals surface area contributed by atoms with Gasteiger partial charge in [0.05, 0.1) is 0 Å². The van der Waals surface area contributed by atoms with Crippen LogP contribution < -0.4 is 5.32 Å². The first-order chi connectivity index (χ1) is 9.51. The molecule has 0 bridgehead atoms. The Kier molecular flexibility index (Phi) is 3.94. The lowest BCUT2D eigenvalue weighted by Gasteiger charge is -2.28. The Balaban J connectivity index is 2.38. The first-order valence-corrected chi connectivity index (χ1v) is 6.63. The fourth-order valence-corrected chi connectivity index (χ4v) is 2.79. The summed E-state index contributed by atoms with van der Waals surface area (Å²) in [6, 6.07) is -0.724. The highest BCUT2D eigenvalue weighted by Gasteiger charge is 2.43. The van der Waals surface area contributed by atoms with Crippen molar-refractivity contribution < 1.29 is 14.4 Å². The monoisotopic (exact) mass is 290 g/mol.